The van der Waals surface area contributed by atoms with Gasteiger partial charge in [-0.1, -0.05) is 19.8 Å². The lowest BCUT2D eigenvalue weighted by molar-refractivity contribution is -0.126. The number of hydrogen-bond acceptors (Lipinski definition) is 2. The summed E-state index contributed by atoms with van der Waals surface area (Å²) < 4.78 is 0. The Morgan fingerprint density at radius 1 is 1.17 bits per heavy atom. The second-order valence-electron chi connectivity index (χ2n) is 6.49. The van der Waals surface area contributed by atoms with Crippen molar-refractivity contribution in [3.63, 3.8) is 0 Å². The molecule has 1 amide bonds. The molecule has 2 aliphatic carbocycles. The van der Waals surface area contributed by atoms with Crippen molar-refractivity contribution in [2.45, 2.75) is 51.9 Å². The molecule has 3 N–H and O–H groups in total. The van der Waals surface area contributed by atoms with E-state index in [1.165, 1.54) is 32.1 Å². The second-order valence-corrected chi connectivity index (χ2v) is 6.49. The van der Waals surface area contributed by atoms with Gasteiger partial charge in [-0.15, -0.1) is 0 Å². The molecule has 2 rings (SSSR count). The Hall–Kier alpha value is -0.570. The maximum Gasteiger partial charge on any atom is 0.223 e. The van der Waals surface area contributed by atoms with Gasteiger partial charge in [0.15, 0.2) is 0 Å². The van der Waals surface area contributed by atoms with Crippen LogP contribution in [0.2, 0.25) is 0 Å². The quantitative estimate of drug-likeness (QED) is 0.806. The summed E-state index contributed by atoms with van der Waals surface area (Å²) in [5.74, 6) is 2.65. The van der Waals surface area contributed by atoms with Crippen molar-refractivity contribution in [2.24, 2.45) is 29.4 Å². The van der Waals surface area contributed by atoms with E-state index in [0.717, 1.165) is 37.8 Å². The van der Waals surface area contributed by atoms with Crippen molar-refractivity contribution in [2.75, 3.05) is 13.1 Å². The summed E-state index contributed by atoms with van der Waals surface area (Å²) in [7, 11) is 0. The number of carbonyl (C=O) groups excluding carboxylic acids is 1. The van der Waals surface area contributed by atoms with Gasteiger partial charge in [-0.25, -0.2) is 0 Å². The molecule has 3 heteroatoms. The highest BCUT2D eigenvalue weighted by Gasteiger charge is 2.27. The molecule has 2 aliphatic rings. The van der Waals surface area contributed by atoms with E-state index >= 15 is 0 Å². The summed E-state index contributed by atoms with van der Waals surface area (Å²) in [5, 5.41) is 3.18. The number of hydrogen-bond donors (Lipinski definition) is 2. The van der Waals surface area contributed by atoms with Crippen LogP contribution in [0, 0.1) is 23.7 Å². The Morgan fingerprint density at radius 2 is 2.00 bits per heavy atom. The van der Waals surface area contributed by atoms with Crippen molar-refractivity contribution in [3.05, 3.63) is 0 Å². The largest absolute Gasteiger partial charge is 0.356 e. The zero-order valence-corrected chi connectivity index (χ0v) is 11.7. The molecule has 104 valence electrons. The van der Waals surface area contributed by atoms with Crippen LogP contribution in [0.3, 0.4) is 0 Å². The smallest absolute Gasteiger partial charge is 0.223 e. The van der Waals surface area contributed by atoms with Crippen LogP contribution < -0.4 is 11.1 Å². The van der Waals surface area contributed by atoms with E-state index in [-0.39, 0.29) is 11.8 Å². The van der Waals surface area contributed by atoms with Crippen molar-refractivity contribution in [1.29, 1.82) is 0 Å². The monoisotopic (exact) mass is 252 g/mol. The topological polar surface area (TPSA) is 55.1 Å². The fraction of sp³-hybridized carbons (Fsp3) is 0.933. The number of nitrogens with one attached hydrogen (secondary N) is 1. The van der Waals surface area contributed by atoms with E-state index < -0.39 is 0 Å². The molecular weight excluding hydrogens is 224 g/mol. The third-order valence-electron chi connectivity index (χ3n) is 4.86. The van der Waals surface area contributed by atoms with Crippen LogP contribution in [0.1, 0.15) is 51.9 Å². The summed E-state index contributed by atoms with van der Waals surface area (Å²) in [4.78, 5) is 12.1. The molecule has 0 aromatic carbocycles. The van der Waals surface area contributed by atoms with Crippen molar-refractivity contribution in [1.82, 2.24) is 5.32 Å². The van der Waals surface area contributed by atoms with Crippen LogP contribution >= 0.6 is 0 Å². The number of amides is 1. The third-order valence-corrected chi connectivity index (χ3v) is 4.86. The molecule has 0 aromatic heterocycles. The fourth-order valence-corrected chi connectivity index (χ4v) is 3.64. The lowest BCUT2D eigenvalue weighted by atomic mass is 9.81. The van der Waals surface area contributed by atoms with Crippen molar-refractivity contribution < 1.29 is 4.79 Å². The number of carbonyl (C=O) groups is 1. The summed E-state index contributed by atoms with van der Waals surface area (Å²) in [6.07, 6.45) is 8.35. The van der Waals surface area contributed by atoms with E-state index in [4.69, 9.17) is 5.73 Å². The van der Waals surface area contributed by atoms with Gasteiger partial charge in [0.1, 0.15) is 0 Å². The van der Waals surface area contributed by atoms with Gasteiger partial charge < -0.3 is 11.1 Å². The van der Waals surface area contributed by atoms with Crippen molar-refractivity contribution >= 4 is 5.91 Å². The second kappa shape index (κ2) is 6.55. The summed E-state index contributed by atoms with van der Waals surface area (Å²) in [6, 6.07) is 0. The minimum atomic E-state index is 0.228. The third kappa shape index (κ3) is 3.71. The van der Waals surface area contributed by atoms with Gasteiger partial charge in [-0.3, -0.25) is 4.79 Å². The Kier molecular flexibility index (Phi) is 5.04. The van der Waals surface area contributed by atoms with Gasteiger partial charge in [0.25, 0.3) is 0 Å². The maximum atomic E-state index is 12.1. The van der Waals surface area contributed by atoms with Gasteiger partial charge in [-0.2, -0.15) is 0 Å². The molecule has 2 fully saturated rings. The normalized spacial score (nSPS) is 36.6. The van der Waals surface area contributed by atoms with Crippen LogP contribution in [0.15, 0.2) is 0 Å². The molecule has 0 spiro atoms. The average molecular weight is 252 g/mol. The first-order chi connectivity index (χ1) is 8.69. The van der Waals surface area contributed by atoms with Crippen LogP contribution in [0.4, 0.5) is 0 Å². The SMILES string of the molecule is CC1CCC(CNC(=O)C2CCCC(CN)C2)C1. The lowest BCUT2D eigenvalue weighted by Crippen LogP contribution is -2.37. The predicted molar refractivity (Wildman–Crippen MR) is 74.0 cm³/mol. The molecule has 0 aliphatic heterocycles. The number of rotatable bonds is 4. The summed E-state index contributed by atoms with van der Waals surface area (Å²) in [6.45, 7) is 3.95. The van der Waals surface area contributed by atoms with Crippen LogP contribution in [0.5, 0.6) is 0 Å². The van der Waals surface area contributed by atoms with Gasteiger partial charge in [0, 0.05) is 12.5 Å². The molecule has 0 bridgehead atoms. The van der Waals surface area contributed by atoms with E-state index in [0.29, 0.717) is 5.92 Å². The molecule has 3 nitrogen and oxygen atoms in total. The molecule has 4 unspecified atom stereocenters. The molecule has 0 heterocycles. The van der Waals surface area contributed by atoms with Gasteiger partial charge in [-0.05, 0) is 56.4 Å². The van der Waals surface area contributed by atoms with E-state index in [2.05, 4.69) is 12.2 Å². The summed E-state index contributed by atoms with van der Waals surface area (Å²) in [5.41, 5.74) is 5.72. The molecule has 4 atom stereocenters. The van der Waals surface area contributed by atoms with Crippen LogP contribution in [0.25, 0.3) is 0 Å². The first kappa shape index (κ1) is 13.9. The van der Waals surface area contributed by atoms with Gasteiger partial charge >= 0.3 is 0 Å². The first-order valence-corrected chi connectivity index (χ1v) is 7.66. The van der Waals surface area contributed by atoms with Gasteiger partial charge in [0.2, 0.25) is 5.91 Å². The van der Waals surface area contributed by atoms with Crippen molar-refractivity contribution in [3.8, 4) is 0 Å². The average Bonchev–Trinajstić information content (AvgIpc) is 2.82. The van der Waals surface area contributed by atoms with E-state index in [1.54, 1.807) is 0 Å². The van der Waals surface area contributed by atoms with E-state index in [1.807, 2.05) is 0 Å². The van der Waals surface area contributed by atoms with Crippen LogP contribution in [-0.2, 0) is 4.79 Å². The van der Waals surface area contributed by atoms with Gasteiger partial charge in [0.05, 0.1) is 0 Å². The Balaban J connectivity index is 1.70. The van der Waals surface area contributed by atoms with E-state index in [9.17, 15) is 4.79 Å². The minimum absolute atomic E-state index is 0.228. The number of nitrogens with two attached hydrogens (primary N) is 1. The predicted octanol–water partition coefficient (Wildman–Crippen LogP) is 2.30. The Morgan fingerprint density at radius 3 is 2.67 bits per heavy atom. The maximum absolute atomic E-state index is 12.1. The first-order valence-electron chi connectivity index (χ1n) is 7.66. The molecule has 0 radical (unpaired) electrons. The van der Waals surface area contributed by atoms with Crippen LogP contribution in [-0.4, -0.2) is 19.0 Å². The fourth-order valence-electron chi connectivity index (χ4n) is 3.64. The minimum Gasteiger partial charge on any atom is -0.356 e. The highest BCUT2D eigenvalue weighted by atomic mass is 16.1. The zero-order valence-electron chi connectivity index (χ0n) is 11.7. The highest BCUT2D eigenvalue weighted by molar-refractivity contribution is 5.78. The summed E-state index contributed by atoms with van der Waals surface area (Å²) >= 11 is 0. The lowest BCUT2D eigenvalue weighted by Gasteiger charge is -2.27. The standard InChI is InChI=1S/C15H28N2O/c1-11-5-6-13(7-11)10-17-15(18)14-4-2-3-12(8-14)9-16/h11-14H,2-10,16H2,1H3,(H,17,18). The molecule has 0 saturated heterocycles. The highest BCUT2D eigenvalue weighted by Crippen LogP contribution is 2.31. The Labute approximate surface area is 111 Å². The zero-order chi connectivity index (χ0) is 13.0. The molecule has 2 saturated carbocycles. The molecule has 18 heavy (non-hydrogen) atoms. The molecular formula is C15H28N2O. The Bertz CT molecular complexity index is 280. The molecule has 0 aromatic rings.